The van der Waals surface area contributed by atoms with Crippen LogP contribution in [-0.2, 0) is 9.53 Å². The zero-order valence-corrected chi connectivity index (χ0v) is 22.5. The van der Waals surface area contributed by atoms with Crippen molar-refractivity contribution in [3.8, 4) is 0 Å². The van der Waals surface area contributed by atoms with Crippen LogP contribution in [-0.4, -0.2) is 17.6 Å². The Morgan fingerprint density at radius 2 is 2.00 bits per heavy atom. The quantitative estimate of drug-likeness (QED) is 0.123. The van der Waals surface area contributed by atoms with Crippen LogP contribution >= 0.6 is 0 Å². The summed E-state index contributed by atoms with van der Waals surface area (Å²) in [5.41, 5.74) is 10.9. The number of hydrogen-bond donors (Lipinski definition) is 0. The Kier molecular flexibility index (Phi) is 7.17. The third-order valence-electron chi connectivity index (χ3n) is 10.9. The van der Waals surface area contributed by atoms with E-state index < -0.39 is 0 Å². The number of ether oxygens (including phenoxy) is 1. The first-order chi connectivity index (χ1) is 16.0. The number of carbonyl (C=O) groups is 1. The highest BCUT2D eigenvalue weighted by Crippen LogP contribution is 2.67. The Morgan fingerprint density at radius 1 is 1.24 bits per heavy atom. The van der Waals surface area contributed by atoms with Crippen molar-refractivity contribution >= 4 is 5.97 Å². The molecule has 5 heteroatoms. The predicted molar refractivity (Wildman–Crippen MR) is 137 cm³/mol. The fourth-order valence-electron chi connectivity index (χ4n) is 9.17. The minimum atomic E-state index is -0.273. The maximum absolute atomic E-state index is 11.5. The van der Waals surface area contributed by atoms with Gasteiger partial charge < -0.3 is 4.74 Å². The monoisotopic (exact) mass is 469 g/mol. The van der Waals surface area contributed by atoms with E-state index in [2.05, 4.69) is 50.7 Å². The Bertz CT molecular complexity index is 859. The van der Waals surface area contributed by atoms with E-state index in [1.165, 1.54) is 44.9 Å². The third kappa shape index (κ3) is 4.66. The highest BCUT2D eigenvalue weighted by Gasteiger charge is 2.59. The molecule has 4 aliphatic rings. The summed E-state index contributed by atoms with van der Waals surface area (Å²) in [6.45, 7) is 13.3. The average molecular weight is 470 g/mol. The van der Waals surface area contributed by atoms with Gasteiger partial charge in [-0.15, -0.1) is 0 Å². The summed E-state index contributed by atoms with van der Waals surface area (Å²) < 4.78 is 5.61. The molecular weight excluding hydrogens is 422 g/mol. The highest BCUT2D eigenvalue weighted by atomic mass is 16.5. The molecule has 4 rings (SSSR count). The lowest BCUT2D eigenvalue weighted by Crippen LogP contribution is -2.51. The minimum Gasteiger partial charge on any atom is -0.462 e. The SMILES string of the molecule is CC(=O)O[C@H]1CC[C@@]2(C)C(=CC[C@H]3[C@@H]4CC[C@H]([C@H](C)CCCC(C)(C)N=[N+]=[N-])[C@@]4(C)CC[C@@H]32)C1. The number of hydrogen-bond acceptors (Lipinski definition) is 3. The molecule has 0 radical (unpaired) electrons. The first-order valence-electron chi connectivity index (χ1n) is 13.9. The second-order valence-corrected chi connectivity index (χ2v) is 13.3. The van der Waals surface area contributed by atoms with Crippen LogP contribution in [0.1, 0.15) is 112 Å². The molecule has 0 aliphatic heterocycles. The van der Waals surface area contributed by atoms with Crippen molar-refractivity contribution in [1.82, 2.24) is 0 Å². The molecule has 0 N–H and O–H groups in total. The molecule has 8 atom stereocenters. The summed E-state index contributed by atoms with van der Waals surface area (Å²) in [5, 5.41) is 3.98. The van der Waals surface area contributed by atoms with Crippen LogP contribution in [0.3, 0.4) is 0 Å². The van der Waals surface area contributed by atoms with E-state index in [1.54, 1.807) is 12.5 Å². The maximum atomic E-state index is 11.5. The first-order valence-corrected chi connectivity index (χ1v) is 13.9. The molecule has 4 aliphatic carbocycles. The van der Waals surface area contributed by atoms with Gasteiger partial charge in [0.1, 0.15) is 6.10 Å². The Labute approximate surface area is 207 Å². The molecule has 0 aromatic heterocycles. The van der Waals surface area contributed by atoms with E-state index >= 15 is 0 Å². The number of nitrogens with zero attached hydrogens (tertiary/aromatic N) is 3. The van der Waals surface area contributed by atoms with Gasteiger partial charge in [-0.3, -0.25) is 4.79 Å². The van der Waals surface area contributed by atoms with Gasteiger partial charge in [-0.1, -0.05) is 64.2 Å². The summed E-state index contributed by atoms with van der Waals surface area (Å²) in [5.74, 6) is 3.88. The van der Waals surface area contributed by atoms with Gasteiger partial charge in [-0.2, -0.15) is 0 Å². The van der Waals surface area contributed by atoms with Crippen LogP contribution in [0, 0.1) is 40.4 Å². The zero-order valence-electron chi connectivity index (χ0n) is 22.5. The van der Waals surface area contributed by atoms with Gasteiger partial charge >= 0.3 is 5.97 Å². The van der Waals surface area contributed by atoms with Crippen molar-refractivity contribution < 1.29 is 9.53 Å². The fraction of sp³-hybridized carbons (Fsp3) is 0.897. The molecule has 0 saturated heterocycles. The largest absolute Gasteiger partial charge is 0.462 e. The van der Waals surface area contributed by atoms with E-state index in [4.69, 9.17) is 10.3 Å². The fourth-order valence-corrected chi connectivity index (χ4v) is 9.17. The van der Waals surface area contributed by atoms with Crippen LogP contribution in [0.2, 0.25) is 0 Å². The molecule has 190 valence electrons. The molecule has 0 aromatic rings. The van der Waals surface area contributed by atoms with Gasteiger partial charge in [0.05, 0.1) is 0 Å². The van der Waals surface area contributed by atoms with Crippen molar-refractivity contribution in [2.75, 3.05) is 0 Å². The van der Waals surface area contributed by atoms with Crippen LogP contribution in [0.15, 0.2) is 16.8 Å². The van der Waals surface area contributed by atoms with E-state index in [0.717, 1.165) is 55.3 Å². The summed E-state index contributed by atoms with van der Waals surface area (Å²) in [6.07, 6.45) is 15.9. The van der Waals surface area contributed by atoms with Crippen LogP contribution in [0.4, 0.5) is 0 Å². The standard InChI is InChI=1S/C29H47N3O2/c1-19(8-7-15-27(3,4)31-32-30)24-11-12-25-23-10-9-21-18-22(34-20(2)33)13-16-28(21,5)26(23)14-17-29(24,25)6/h9,19,22-26H,7-8,10-18H2,1-6H3/t19-,22+,23+,24-,25+,26+,28+,29-/m1/s1. The lowest BCUT2D eigenvalue weighted by Gasteiger charge is -2.58. The molecule has 0 aromatic carbocycles. The molecule has 0 spiro atoms. The van der Waals surface area contributed by atoms with Crippen molar-refractivity contribution in [2.45, 2.75) is 124 Å². The molecule has 0 unspecified atom stereocenters. The maximum Gasteiger partial charge on any atom is 0.302 e. The third-order valence-corrected chi connectivity index (χ3v) is 10.9. The number of fused-ring (bicyclic) bond motifs is 5. The molecule has 0 heterocycles. The number of carbonyl (C=O) groups excluding carboxylic acids is 1. The summed E-state index contributed by atoms with van der Waals surface area (Å²) in [7, 11) is 0. The zero-order chi connectivity index (χ0) is 24.7. The van der Waals surface area contributed by atoms with E-state index in [9.17, 15) is 4.79 Å². The normalized spacial score (nSPS) is 40.2. The molecule has 34 heavy (non-hydrogen) atoms. The average Bonchev–Trinajstić information content (AvgIpc) is 3.10. The summed E-state index contributed by atoms with van der Waals surface area (Å²) in [4.78, 5) is 14.5. The predicted octanol–water partition coefficient (Wildman–Crippen LogP) is 8.39. The molecule has 3 saturated carbocycles. The second kappa shape index (κ2) is 9.52. The van der Waals surface area contributed by atoms with Crippen molar-refractivity contribution in [1.29, 1.82) is 0 Å². The molecule has 5 nitrogen and oxygen atoms in total. The van der Waals surface area contributed by atoms with Crippen molar-refractivity contribution in [3.05, 3.63) is 22.1 Å². The van der Waals surface area contributed by atoms with Gasteiger partial charge in [0, 0.05) is 23.8 Å². The van der Waals surface area contributed by atoms with Crippen molar-refractivity contribution in [2.24, 2.45) is 45.5 Å². The van der Waals surface area contributed by atoms with Gasteiger partial charge in [0.25, 0.3) is 0 Å². The van der Waals surface area contributed by atoms with Gasteiger partial charge in [-0.05, 0) is 97.3 Å². The van der Waals surface area contributed by atoms with Crippen LogP contribution < -0.4 is 0 Å². The first kappa shape index (κ1) is 25.6. The molecule has 0 amide bonds. The van der Waals surface area contributed by atoms with Gasteiger partial charge in [-0.25, -0.2) is 0 Å². The van der Waals surface area contributed by atoms with E-state index in [0.29, 0.717) is 10.8 Å². The summed E-state index contributed by atoms with van der Waals surface area (Å²) >= 11 is 0. The van der Waals surface area contributed by atoms with E-state index in [-0.39, 0.29) is 17.6 Å². The van der Waals surface area contributed by atoms with E-state index in [1.807, 2.05) is 0 Å². The minimum absolute atomic E-state index is 0.0859. The number of rotatable bonds is 7. The van der Waals surface area contributed by atoms with Gasteiger partial charge in [0.15, 0.2) is 0 Å². The van der Waals surface area contributed by atoms with Gasteiger partial charge in [0.2, 0.25) is 0 Å². The smallest absolute Gasteiger partial charge is 0.302 e. The number of esters is 1. The summed E-state index contributed by atoms with van der Waals surface area (Å²) in [6, 6.07) is 0. The lowest BCUT2D eigenvalue weighted by molar-refractivity contribution is -0.148. The Morgan fingerprint density at radius 3 is 2.71 bits per heavy atom. The topological polar surface area (TPSA) is 75.1 Å². The van der Waals surface area contributed by atoms with Crippen molar-refractivity contribution in [3.63, 3.8) is 0 Å². The molecular formula is C29H47N3O2. The molecule has 3 fully saturated rings. The lowest BCUT2D eigenvalue weighted by atomic mass is 9.47. The Balaban J connectivity index is 1.43. The number of allylic oxidation sites excluding steroid dienone is 1. The van der Waals surface area contributed by atoms with Crippen LogP contribution in [0.5, 0.6) is 0 Å². The molecule has 0 bridgehead atoms. The second-order valence-electron chi connectivity index (χ2n) is 13.3. The highest BCUT2D eigenvalue weighted by molar-refractivity contribution is 5.66. The van der Waals surface area contributed by atoms with Crippen LogP contribution in [0.25, 0.3) is 10.4 Å². The number of azide groups is 1. The Hall–Kier alpha value is -1.48.